The first kappa shape index (κ1) is 12.1. The minimum absolute atomic E-state index is 0.00944. The second kappa shape index (κ2) is 4.87. The van der Waals surface area contributed by atoms with E-state index in [-0.39, 0.29) is 18.3 Å². The van der Waals surface area contributed by atoms with Crippen LogP contribution in [0.15, 0.2) is 12.1 Å². The van der Waals surface area contributed by atoms with Crippen molar-refractivity contribution in [2.24, 2.45) is 5.73 Å². The van der Waals surface area contributed by atoms with E-state index in [1.54, 1.807) is 6.07 Å². The Morgan fingerprint density at radius 1 is 1.24 bits per heavy atom. The van der Waals surface area contributed by atoms with Crippen LogP contribution in [0.5, 0.6) is 11.5 Å². The Labute approximate surface area is 98.5 Å². The number of rotatable bonds is 4. The molecule has 0 saturated carbocycles. The molecule has 1 aromatic rings. The van der Waals surface area contributed by atoms with Crippen LogP contribution in [0.2, 0.25) is 0 Å². The van der Waals surface area contributed by atoms with E-state index < -0.39 is 6.43 Å². The van der Waals surface area contributed by atoms with Crippen molar-refractivity contribution in [1.82, 2.24) is 0 Å². The molecule has 0 radical (unpaired) electrons. The van der Waals surface area contributed by atoms with Crippen LogP contribution in [-0.2, 0) is 0 Å². The van der Waals surface area contributed by atoms with Crippen molar-refractivity contribution < 1.29 is 18.3 Å². The maximum absolute atomic E-state index is 13.0. The van der Waals surface area contributed by atoms with Gasteiger partial charge >= 0.3 is 0 Å². The van der Waals surface area contributed by atoms with E-state index in [2.05, 4.69) is 0 Å². The number of hydrogen-bond donors (Lipinski definition) is 1. The third kappa shape index (κ3) is 2.34. The zero-order chi connectivity index (χ0) is 12.4. The van der Waals surface area contributed by atoms with Crippen LogP contribution in [0.1, 0.15) is 36.8 Å². The summed E-state index contributed by atoms with van der Waals surface area (Å²) < 4.78 is 36.2. The van der Waals surface area contributed by atoms with E-state index in [4.69, 9.17) is 15.2 Å². The van der Waals surface area contributed by atoms with Gasteiger partial charge in [0, 0.05) is 5.56 Å². The highest BCUT2D eigenvalue weighted by molar-refractivity contribution is 5.50. The van der Waals surface area contributed by atoms with E-state index >= 15 is 0 Å². The number of hydrogen-bond acceptors (Lipinski definition) is 3. The number of fused-ring (bicyclic) bond motifs is 1. The summed E-state index contributed by atoms with van der Waals surface area (Å²) in [6, 6.07) is 3.01. The summed E-state index contributed by atoms with van der Waals surface area (Å²) in [5.74, 6) is 0.913. The first-order chi connectivity index (χ1) is 8.13. The van der Waals surface area contributed by atoms with Gasteiger partial charge in [0.2, 0.25) is 6.79 Å². The monoisotopic (exact) mass is 243 g/mol. The average molecular weight is 243 g/mol. The summed E-state index contributed by atoms with van der Waals surface area (Å²) in [7, 11) is 0. The molecule has 0 bridgehead atoms. The van der Waals surface area contributed by atoms with Crippen LogP contribution >= 0.6 is 0 Å². The van der Waals surface area contributed by atoms with E-state index in [0.29, 0.717) is 30.0 Å². The largest absolute Gasteiger partial charge is 0.454 e. The smallest absolute Gasteiger partial charge is 0.264 e. The maximum Gasteiger partial charge on any atom is 0.264 e. The summed E-state index contributed by atoms with van der Waals surface area (Å²) in [6.45, 7) is 2.45. The van der Waals surface area contributed by atoms with E-state index in [9.17, 15) is 8.78 Å². The minimum Gasteiger partial charge on any atom is -0.454 e. The van der Waals surface area contributed by atoms with Gasteiger partial charge < -0.3 is 15.2 Å². The van der Waals surface area contributed by atoms with E-state index in [0.717, 1.165) is 0 Å². The predicted octanol–water partition coefficient (Wildman–Crippen LogP) is 2.81. The molecule has 0 aliphatic carbocycles. The molecule has 5 heteroatoms. The Kier molecular flexibility index (Phi) is 3.47. The van der Waals surface area contributed by atoms with Crippen molar-refractivity contribution in [3.63, 3.8) is 0 Å². The molecule has 2 N–H and O–H groups in total. The first-order valence-electron chi connectivity index (χ1n) is 5.55. The van der Waals surface area contributed by atoms with Gasteiger partial charge in [0.15, 0.2) is 11.5 Å². The van der Waals surface area contributed by atoms with Crippen LogP contribution in [0.3, 0.4) is 0 Å². The molecular weight excluding hydrogens is 228 g/mol. The van der Waals surface area contributed by atoms with Crippen molar-refractivity contribution in [1.29, 1.82) is 0 Å². The number of nitrogens with two attached hydrogens (primary N) is 1. The van der Waals surface area contributed by atoms with Gasteiger partial charge in [-0.15, -0.1) is 0 Å². The van der Waals surface area contributed by atoms with Crippen molar-refractivity contribution >= 4 is 0 Å². The van der Waals surface area contributed by atoms with Crippen LogP contribution in [-0.4, -0.2) is 13.3 Å². The molecule has 0 spiro atoms. The molecule has 2 rings (SSSR count). The summed E-state index contributed by atoms with van der Waals surface area (Å²) in [4.78, 5) is 0. The van der Waals surface area contributed by atoms with Gasteiger partial charge in [-0.25, -0.2) is 8.78 Å². The fourth-order valence-corrected chi connectivity index (χ4v) is 1.99. The van der Waals surface area contributed by atoms with Gasteiger partial charge in [-0.2, -0.15) is 0 Å². The first-order valence-corrected chi connectivity index (χ1v) is 5.55. The molecular formula is C12H15F2NO2. The highest BCUT2D eigenvalue weighted by Gasteiger charge is 2.23. The summed E-state index contributed by atoms with van der Waals surface area (Å²) >= 11 is 0. The second-order valence-electron chi connectivity index (χ2n) is 4.11. The summed E-state index contributed by atoms with van der Waals surface area (Å²) in [5, 5.41) is 0. The lowest BCUT2D eigenvalue weighted by Crippen LogP contribution is -2.07. The van der Waals surface area contributed by atoms with Gasteiger partial charge in [-0.1, -0.05) is 6.92 Å². The van der Waals surface area contributed by atoms with Crippen molar-refractivity contribution in [2.45, 2.75) is 25.7 Å². The van der Waals surface area contributed by atoms with Crippen LogP contribution in [0.25, 0.3) is 0 Å². The number of benzene rings is 1. The quantitative estimate of drug-likeness (QED) is 0.884. The fraction of sp³-hybridized carbons (Fsp3) is 0.500. The van der Waals surface area contributed by atoms with Crippen LogP contribution in [0, 0.1) is 0 Å². The third-order valence-electron chi connectivity index (χ3n) is 2.94. The zero-order valence-electron chi connectivity index (χ0n) is 9.58. The summed E-state index contributed by atoms with van der Waals surface area (Å²) in [5.41, 5.74) is 6.06. The lowest BCUT2D eigenvalue weighted by Gasteiger charge is -2.16. The normalized spacial score (nSPS) is 15.4. The number of halogens is 2. The van der Waals surface area contributed by atoms with Crippen LogP contribution in [0.4, 0.5) is 8.78 Å². The molecule has 0 aromatic heterocycles. The Balaban J connectivity index is 2.41. The molecule has 0 saturated heterocycles. The molecule has 1 unspecified atom stereocenters. The van der Waals surface area contributed by atoms with Gasteiger partial charge in [-0.3, -0.25) is 0 Å². The lowest BCUT2D eigenvalue weighted by atomic mass is 9.92. The van der Waals surface area contributed by atoms with E-state index in [1.807, 2.05) is 6.92 Å². The number of ether oxygens (including phenoxy) is 2. The van der Waals surface area contributed by atoms with Gasteiger partial charge in [0.05, 0.1) is 0 Å². The Morgan fingerprint density at radius 3 is 2.35 bits per heavy atom. The Morgan fingerprint density at radius 2 is 1.82 bits per heavy atom. The molecule has 1 aromatic carbocycles. The van der Waals surface area contributed by atoms with Gasteiger partial charge in [-0.05, 0) is 36.6 Å². The minimum atomic E-state index is -2.51. The zero-order valence-corrected chi connectivity index (χ0v) is 9.58. The highest BCUT2D eigenvalue weighted by atomic mass is 19.3. The number of alkyl halides is 2. The molecule has 1 aliphatic heterocycles. The molecule has 0 amide bonds. The third-order valence-corrected chi connectivity index (χ3v) is 2.94. The molecule has 94 valence electrons. The molecule has 3 nitrogen and oxygen atoms in total. The van der Waals surface area contributed by atoms with Crippen molar-refractivity contribution in [3.8, 4) is 11.5 Å². The van der Waals surface area contributed by atoms with E-state index in [1.165, 1.54) is 6.07 Å². The standard InChI is InChI=1S/C12H15F2NO2/c1-7(2-3-15)8-4-10-11(17-6-16-10)5-9(8)12(13)14/h4-5,7,12H,2-3,6,15H2,1H3. The predicted molar refractivity (Wildman–Crippen MR) is 59.6 cm³/mol. The molecule has 1 heterocycles. The topological polar surface area (TPSA) is 44.5 Å². The SMILES string of the molecule is CC(CCN)c1cc2c(cc1C(F)F)OCO2. The molecule has 1 aliphatic rings. The molecule has 0 fully saturated rings. The van der Waals surface area contributed by atoms with Gasteiger partial charge in [0.1, 0.15) is 0 Å². The van der Waals surface area contributed by atoms with Crippen molar-refractivity contribution in [2.75, 3.05) is 13.3 Å². The average Bonchev–Trinajstić information content (AvgIpc) is 2.74. The Hall–Kier alpha value is -1.36. The maximum atomic E-state index is 13.0. The summed E-state index contributed by atoms with van der Waals surface area (Å²) in [6.07, 6.45) is -1.85. The van der Waals surface area contributed by atoms with Crippen molar-refractivity contribution in [3.05, 3.63) is 23.3 Å². The lowest BCUT2D eigenvalue weighted by molar-refractivity contribution is 0.149. The molecule has 17 heavy (non-hydrogen) atoms. The fourth-order valence-electron chi connectivity index (χ4n) is 1.99. The molecule has 1 atom stereocenters. The van der Waals surface area contributed by atoms with Crippen LogP contribution < -0.4 is 15.2 Å². The van der Waals surface area contributed by atoms with Gasteiger partial charge in [0.25, 0.3) is 6.43 Å². The Bertz CT molecular complexity index is 410. The highest BCUT2D eigenvalue weighted by Crippen LogP contribution is 2.41. The second-order valence-corrected chi connectivity index (χ2v) is 4.11.